The first-order valence-corrected chi connectivity index (χ1v) is 7.44. The number of amides is 1. The topological polar surface area (TPSA) is 61.9 Å². The Balaban J connectivity index is 1.79. The Morgan fingerprint density at radius 2 is 1.83 bits per heavy atom. The van der Waals surface area contributed by atoms with Crippen molar-refractivity contribution in [3.8, 4) is 11.3 Å². The van der Waals surface area contributed by atoms with E-state index >= 15 is 0 Å². The highest BCUT2D eigenvalue weighted by molar-refractivity contribution is 5.93. The van der Waals surface area contributed by atoms with Gasteiger partial charge in [-0.2, -0.15) is 5.10 Å². The molecule has 5 nitrogen and oxygen atoms in total. The van der Waals surface area contributed by atoms with Gasteiger partial charge in [0.2, 0.25) is 0 Å². The van der Waals surface area contributed by atoms with Gasteiger partial charge in [0.1, 0.15) is 5.69 Å². The first-order valence-electron chi connectivity index (χ1n) is 7.44. The highest BCUT2D eigenvalue weighted by atomic mass is 16.2. The highest BCUT2D eigenvalue weighted by Gasteiger charge is 2.20. The number of hydrogen-bond donors (Lipinski definition) is 1. The molecule has 0 aliphatic rings. The quantitative estimate of drug-likeness (QED) is 0.804. The Bertz CT molecular complexity index is 783. The first kappa shape index (κ1) is 15.0. The van der Waals surface area contributed by atoms with E-state index in [1.165, 1.54) is 0 Å². The number of pyridine rings is 1. The van der Waals surface area contributed by atoms with Crippen molar-refractivity contribution in [3.05, 3.63) is 72.2 Å². The van der Waals surface area contributed by atoms with E-state index in [9.17, 15) is 4.79 Å². The second kappa shape index (κ2) is 6.44. The van der Waals surface area contributed by atoms with Crippen molar-refractivity contribution in [1.29, 1.82) is 0 Å². The molecule has 0 aliphatic carbocycles. The van der Waals surface area contributed by atoms with Crippen LogP contribution in [0.25, 0.3) is 11.3 Å². The van der Waals surface area contributed by atoms with E-state index in [2.05, 4.69) is 15.2 Å². The lowest BCUT2D eigenvalue weighted by Crippen LogP contribution is -2.29. The normalized spacial score (nSPS) is 11.9. The van der Waals surface area contributed by atoms with Gasteiger partial charge in [0.05, 0.1) is 11.7 Å². The monoisotopic (exact) mass is 306 g/mol. The fraction of sp³-hybridized carbons (Fsp3) is 0.167. The van der Waals surface area contributed by atoms with Crippen LogP contribution in [0.15, 0.2) is 60.9 Å². The summed E-state index contributed by atoms with van der Waals surface area (Å²) in [5, 5.41) is 7.08. The molecule has 0 saturated carbocycles. The number of benzene rings is 1. The zero-order valence-corrected chi connectivity index (χ0v) is 13.1. The Morgan fingerprint density at radius 1 is 1.13 bits per heavy atom. The van der Waals surface area contributed by atoms with E-state index in [1.807, 2.05) is 49.4 Å². The van der Waals surface area contributed by atoms with E-state index < -0.39 is 0 Å². The number of hydrogen-bond acceptors (Lipinski definition) is 3. The minimum Gasteiger partial charge on any atom is -0.334 e. The summed E-state index contributed by atoms with van der Waals surface area (Å²) in [6, 6.07) is 15.3. The molecule has 0 bridgehead atoms. The van der Waals surface area contributed by atoms with Crippen LogP contribution in [0.4, 0.5) is 0 Å². The summed E-state index contributed by atoms with van der Waals surface area (Å²) in [5.74, 6) is -0.0935. The van der Waals surface area contributed by atoms with Crippen LogP contribution in [0.1, 0.15) is 29.0 Å². The number of H-pyrrole nitrogens is 1. The molecule has 0 saturated heterocycles. The fourth-order valence-electron chi connectivity index (χ4n) is 2.42. The molecule has 23 heavy (non-hydrogen) atoms. The molecule has 2 heterocycles. The maximum Gasteiger partial charge on any atom is 0.272 e. The fourth-order valence-corrected chi connectivity index (χ4v) is 2.42. The summed E-state index contributed by atoms with van der Waals surface area (Å²) < 4.78 is 0. The van der Waals surface area contributed by atoms with E-state index in [1.54, 1.807) is 30.4 Å². The standard InChI is InChI=1S/C18H18N4O/c1-13(14-8-10-19-11-9-14)22(2)18(23)17-12-16(20-21-17)15-6-4-3-5-7-15/h3-13H,1-2H3,(H,20,21). The Morgan fingerprint density at radius 3 is 2.52 bits per heavy atom. The molecule has 1 unspecified atom stereocenters. The Hall–Kier alpha value is -2.95. The lowest BCUT2D eigenvalue weighted by atomic mass is 10.1. The number of aromatic amines is 1. The lowest BCUT2D eigenvalue weighted by Gasteiger charge is -2.24. The third-order valence-corrected chi connectivity index (χ3v) is 3.97. The molecule has 2 aromatic heterocycles. The van der Waals surface area contributed by atoms with Crippen molar-refractivity contribution in [2.24, 2.45) is 0 Å². The molecule has 0 radical (unpaired) electrons. The average molecular weight is 306 g/mol. The zero-order chi connectivity index (χ0) is 16.2. The highest BCUT2D eigenvalue weighted by Crippen LogP contribution is 2.22. The van der Waals surface area contributed by atoms with Gasteiger partial charge in [-0.25, -0.2) is 0 Å². The molecule has 0 spiro atoms. The Labute approximate surface area is 135 Å². The molecule has 1 N–H and O–H groups in total. The predicted octanol–water partition coefficient (Wildman–Crippen LogP) is 3.30. The van der Waals surface area contributed by atoms with Crippen molar-refractivity contribution in [2.45, 2.75) is 13.0 Å². The molecule has 116 valence electrons. The SMILES string of the molecule is CC(c1ccncc1)N(C)C(=O)c1cc(-c2ccccc2)n[nH]1. The van der Waals surface area contributed by atoms with Crippen molar-refractivity contribution in [3.63, 3.8) is 0 Å². The molecule has 3 rings (SSSR count). The van der Waals surface area contributed by atoms with Gasteiger partial charge in [-0.05, 0) is 30.7 Å². The van der Waals surface area contributed by atoms with E-state index in [4.69, 9.17) is 0 Å². The summed E-state index contributed by atoms with van der Waals surface area (Å²) in [6.45, 7) is 1.99. The van der Waals surface area contributed by atoms with Gasteiger partial charge >= 0.3 is 0 Å². The molecule has 1 amide bonds. The van der Waals surface area contributed by atoms with E-state index in [-0.39, 0.29) is 11.9 Å². The van der Waals surface area contributed by atoms with Gasteiger partial charge in [0.15, 0.2) is 0 Å². The summed E-state index contributed by atoms with van der Waals surface area (Å²) in [5.41, 5.74) is 3.26. The molecular formula is C18H18N4O. The van der Waals surface area contributed by atoms with E-state index in [0.29, 0.717) is 5.69 Å². The number of carbonyl (C=O) groups is 1. The molecule has 0 fully saturated rings. The largest absolute Gasteiger partial charge is 0.334 e. The van der Waals surface area contributed by atoms with Gasteiger partial charge < -0.3 is 4.90 Å². The van der Waals surface area contributed by atoms with Gasteiger partial charge in [-0.15, -0.1) is 0 Å². The van der Waals surface area contributed by atoms with Crippen molar-refractivity contribution >= 4 is 5.91 Å². The van der Waals surface area contributed by atoms with Crippen LogP contribution in [0.5, 0.6) is 0 Å². The van der Waals surface area contributed by atoms with Gasteiger partial charge in [-0.1, -0.05) is 30.3 Å². The van der Waals surface area contributed by atoms with Crippen molar-refractivity contribution < 1.29 is 4.79 Å². The average Bonchev–Trinajstić information content (AvgIpc) is 3.11. The summed E-state index contributed by atoms with van der Waals surface area (Å²) >= 11 is 0. The number of nitrogens with zero attached hydrogens (tertiary/aromatic N) is 3. The summed E-state index contributed by atoms with van der Waals surface area (Å²) in [6.07, 6.45) is 3.46. The molecule has 1 aromatic carbocycles. The summed E-state index contributed by atoms with van der Waals surface area (Å²) in [7, 11) is 1.79. The smallest absolute Gasteiger partial charge is 0.272 e. The Kier molecular flexibility index (Phi) is 4.19. The molecular weight excluding hydrogens is 288 g/mol. The maximum absolute atomic E-state index is 12.6. The predicted molar refractivity (Wildman–Crippen MR) is 88.8 cm³/mol. The second-order valence-corrected chi connectivity index (χ2v) is 5.41. The molecule has 0 aliphatic heterocycles. The van der Waals surface area contributed by atoms with Crippen LogP contribution in [-0.4, -0.2) is 33.0 Å². The maximum atomic E-state index is 12.6. The van der Waals surface area contributed by atoms with Gasteiger partial charge in [0.25, 0.3) is 5.91 Å². The molecule has 1 atom stereocenters. The second-order valence-electron chi connectivity index (χ2n) is 5.41. The third-order valence-electron chi connectivity index (χ3n) is 3.97. The lowest BCUT2D eigenvalue weighted by molar-refractivity contribution is 0.0736. The summed E-state index contributed by atoms with van der Waals surface area (Å²) in [4.78, 5) is 18.3. The van der Waals surface area contributed by atoms with Gasteiger partial charge in [0, 0.05) is 25.0 Å². The number of carbonyl (C=O) groups excluding carboxylic acids is 1. The van der Waals surface area contributed by atoms with Crippen LogP contribution in [-0.2, 0) is 0 Å². The van der Waals surface area contributed by atoms with Crippen molar-refractivity contribution in [1.82, 2.24) is 20.1 Å². The van der Waals surface area contributed by atoms with Crippen LogP contribution < -0.4 is 0 Å². The van der Waals surface area contributed by atoms with Crippen LogP contribution in [0.3, 0.4) is 0 Å². The minimum absolute atomic E-state index is 0.0472. The third kappa shape index (κ3) is 3.13. The molecule has 3 aromatic rings. The van der Waals surface area contributed by atoms with Crippen LogP contribution in [0, 0.1) is 0 Å². The number of rotatable bonds is 4. The van der Waals surface area contributed by atoms with Crippen LogP contribution in [0.2, 0.25) is 0 Å². The first-order chi connectivity index (χ1) is 11.2. The van der Waals surface area contributed by atoms with Crippen LogP contribution >= 0.6 is 0 Å². The number of aromatic nitrogens is 3. The van der Waals surface area contributed by atoms with Gasteiger partial charge in [-0.3, -0.25) is 14.9 Å². The number of nitrogens with one attached hydrogen (secondary N) is 1. The zero-order valence-electron chi connectivity index (χ0n) is 13.1. The van der Waals surface area contributed by atoms with E-state index in [0.717, 1.165) is 16.8 Å². The van der Waals surface area contributed by atoms with Crippen molar-refractivity contribution in [2.75, 3.05) is 7.05 Å². The molecule has 5 heteroatoms. The minimum atomic E-state index is -0.0935.